The minimum Gasteiger partial charge on any atom is -0.357 e. The van der Waals surface area contributed by atoms with Crippen LogP contribution in [0.5, 0.6) is 0 Å². The molecule has 0 amide bonds. The summed E-state index contributed by atoms with van der Waals surface area (Å²) in [5.41, 5.74) is 6.30. The van der Waals surface area contributed by atoms with Gasteiger partial charge < -0.3 is 20.6 Å². The number of nitrogens with one attached hydrogen (secondary N) is 4. The maximum absolute atomic E-state index is 13.0. The monoisotopic (exact) mass is 475 g/mol. The van der Waals surface area contributed by atoms with Gasteiger partial charge in [-0.3, -0.25) is 4.79 Å². The van der Waals surface area contributed by atoms with Gasteiger partial charge in [0.1, 0.15) is 5.82 Å². The Bertz CT molecular complexity index is 1640. The fourth-order valence-electron chi connectivity index (χ4n) is 5.76. The highest BCUT2D eigenvalue weighted by molar-refractivity contribution is 5.92. The third-order valence-corrected chi connectivity index (χ3v) is 7.76. The molecule has 2 aromatic heterocycles. The molecule has 4 N–H and O–H groups in total. The minimum atomic E-state index is 0.0754. The Morgan fingerprint density at radius 2 is 1.42 bits per heavy atom. The molecule has 36 heavy (non-hydrogen) atoms. The molecule has 6 heteroatoms. The molecule has 0 spiro atoms. The van der Waals surface area contributed by atoms with E-state index in [1.165, 1.54) is 17.2 Å². The van der Waals surface area contributed by atoms with Gasteiger partial charge in [0.05, 0.1) is 17.9 Å². The fourth-order valence-corrected chi connectivity index (χ4v) is 5.76. The van der Waals surface area contributed by atoms with Crippen molar-refractivity contribution in [1.29, 1.82) is 0 Å². The Kier molecular flexibility index (Phi) is 5.22. The van der Waals surface area contributed by atoms with Gasteiger partial charge in [-0.05, 0) is 84.9 Å². The van der Waals surface area contributed by atoms with Gasteiger partial charge in [0.15, 0.2) is 5.43 Å². The molecule has 2 aliphatic rings. The molecule has 2 aliphatic heterocycles. The maximum Gasteiger partial charge on any atom is 0.189 e. The van der Waals surface area contributed by atoms with Crippen LogP contribution in [-0.2, 0) is 0 Å². The summed E-state index contributed by atoms with van der Waals surface area (Å²) in [7, 11) is 0. The number of benzene rings is 3. The molecule has 2 fully saturated rings. The number of aromatic nitrogens is 3. The van der Waals surface area contributed by atoms with Crippen LogP contribution in [0, 0.1) is 0 Å². The molecule has 4 heterocycles. The van der Waals surface area contributed by atoms with Crippen molar-refractivity contribution in [3.63, 3.8) is 0 Å². The molecule has 1 unspecified atom stereocenters. The Hall–Kier alpha value is -3.74. The normalized spacial score (nSPS) is 20.0. The standard InChI is InChI=1S/C30H29N5O/c36-29-16-27(25-3-1-11-31-25)34-24-10-9-21(15-23(24)29)19-5-6-20-14-22(8-7-18(20)13-19)28-17-33-30(35-28)26-4-2-12-32-26/h5-10,13-17,25-26,31-32H,1-4,11-12H2,(H,33,35)(H,34,36)/t25?,26-/m0/s1. The molecule has 180 valence electrons. The van der Waals surface area contributed by atoms with E-state index in [1.807, 2.05) is 18.3 Å². The van der Waals surface area contributed by atoms with Crippen molar-refractivity contribution in [3.8, 4) is 22.4 Å². The predicted octanol–water partition coefficient (Wildman–Crippen LogP) is 5.59. The van der Waals surface area contributed by atoms with E-state index in [2.05, 4.69) is 68.1 Å². The lowest BCUT2D eigenvalue weighted by Gasteiger charge is -2.12. The quantitative estimate of drug-likeness (QED) is 0.273. The Morgan fingerprint density at radius 3 is 2.19 bits per heavy atom. The van der Waals surface area contributed by atoms with Gasteiger partial charge in [0.25, 0.3) is 0 Å². The van der Waals surface area contributed by atoms with Crippen molar-refractivity contribution in [1.82, 2.24) is 25.6 Å². The number of hydrogen-bond acceptors (Lipinski definition) is 4. The van der Waals surface area contributed by atoms with Crippen LogP contribution in [0.2, 0.25) is 0 Å². The van der Waals surface area contributed by atoms with Crippen molar-refractivity contribution >= 4 is 21.7 Å². The summed E-state index contributed by atoms with van der Waals surface area (Å²) < 4.78 is 0. The second-order valence-corrected chi connectivity index (χ2v) is 10.1. The first-order valence-electron chi connectivity index (χ1n) is 12.9. The number of H-pyrrole nitrogens is 2. The van der Waals surface area contributed by atoms with Crippen molar-refractivity contribution in [3.05, 3.63) is 88.6 Å². The number of aromatic amines is 2. The van der Waals surface area contributed by atoms with Crippen LogP contribution in [0.25, 0.3) is 44.1 Å². The van der Waals surface area contributed by atoms with Crippen LogP contribution in [0.4, 0.5) is 0 Å². The van der Waals surface area contributed by atoms with E-state index in [-0.39, 0.29) is 11.5 Å². The Balaban J connectivity index is 1.20. The summed E-state index contributed by atoms with van der Waals surface area (Å²) in [5, 5.41) is 10.1. The highest BCUT2D eigenvalue weighted by Gasteiger charge is 2.20. The molecule has 7 rings (SSSR count). The third kappa shape index (κ3) is 3.83. The zero-order valence-corrected chi connectivity index (χ0v) is 20.1. The van der Waals surface area contributed by atoms with Gasteiger partial charge in [-0.15, -0.1) is 0 Å². The first-order valence-corrected chi connectivity index (χ1v) is 12.9. The number of rotatable bonds is 4. The number of pyridine rings is 1. The molecule has 0 radical (unpaired) electrons. The molecule has 0 aliphatic carbocycles. The average molecular weight is 476 g/mol. The summed E-state index contributed by atoms with van der Waals surface area (Å²) in [5.74, 6) is 1.02. The molecule has 2 saturated heterocycles. The molecule has 3 aromatic carbocycles. The summed E-state index contributed by atoms with van der Waals surface area (Å²) in [6.07, 6.45) is 6.48. The van der Waals surface area contributed by atoms with E-state index in [0.717, 1.165) is 77.2 Å². The summed E-state index contributed by atoms with van der Waals surface area (Å²) in [6.45, 7) is 2.07. The topological polar surface area (TPSA) is 85.6 Å². The number of nitrogens with zero attached hydrogens (tertiary/aromatic N) is 1. The van der Waals surface area contributed by atoms with Gasteiger partial charge >= 0.3 is 0 Å². The molecular weight excluding hydrogens is 446 g/mol. The lowest BCUT2D eigenvalue weighted by molar-refractivity contribution is 0.613. The maximum atomic E-state index is 13.0. The lowest BCUT2D eigenvalue weighted by atomic mass is 9.98. The predicted molar refractivity (Wildman–Crippen MR) is 145 cm³/mol. The molecule has 2 atom stereocenters. The van der Waals surface area contributed by atoms with E-state index in [1.54, 1.807) is 6.07 Å². The van der Waals surface area contributed by atoms with Crippen molar-refractivity contribution < 1.29 is 0 Å². The lowest BCUT2D eigenvalue weighted by Crippen LogP contribution is -2.17. The van der Waals surface area contributed by atoms with Gasteiger partial charge in [-0.2, -0.15) is 0 Å². The number of hydrogen-bond donors (Lipinski definition) is 4. The molecule has 6 nitrogen and oxygen atoms in total. The Morgan fingerprint density at radius 1 is 0.722 bits per heavy atom. The molecule has 5 aromatic rings. The van der Waals surface area contributed by atoms with Crippen LogP contribution < -0.4 is 16.1 Å². The zero-order chi connectivity index (χ0) is 24.1. The van der Waals surface area contributed by atoms with Gasteiger partial charge in [0.2, 0.25) is 0 Å². The first-order chi connectivity index (χ1) is 17.7. The van der Waals surface area contributed by atoms with E-state index in [4.69, 9.17) is 0 Å². The van der Waals surface area contributed by atoms with Crippen LogP contribution in [0.15, 0.2) is 71.7 Å². The minimum absolute atomic E-state index is 0.0754. The zero-order valence-electron chi connectivity index (χ0n) is 20.1. The van der Waals surface area contributed by atoms with Crippen molar-refractivity contribution in [2.75, 3.05) is 13.1 Å². The van der Waals surface area contributed by atoms with E-state index >= 15 is 0 Å². The van der Waals surface area contributed by atoms with E-state index in [9.17, 15) is 4.79 Å². The first kappa shape index (κ1) is 21.5. The molecule has 0 bridgehead atoms. The van der Waals surface area contributed by atoms with Crippen LogP contribution in [-0.4, -0.2) is 28.0 Å². The number of imidazole rings is 1. The van der Waals surface area contributed by atoms with E-state index in [0.29, 0.717) is 6.04 Å². The highest BCUT2D eigenvalue weighted by atomic mass is 16.1. The van der Waals surface area contributed by atoms with Crippen molar-refractivity contribution in [2.24, 2.45) is 0 Å². The SMILES string of the molecule is O=c1cc(C2CCCN2)[nH]c2ccc(-c3ccc4cc(-c5cnc([C@@H]6CCCN6)[nH]5)ccc4c3)cc12. The Labute approximate surface area is 209 Å². The summed E-state index contributed by atoms with van der Waals surface area (Å²) in [6, 6.07) is 21.5. The second-order valence-electron chi connectivity index (χ2n) is 10.1. The molecular formula is C30H29N5O. The largest absolute Gasteiger partial charge is 0.357 e. The van der Waals surface area contributed by atoms with Gasteiger partial charge in [-0.25, -0.2) is 4.98 Å². The third-order valence-electron chi connectivity index (χ3n) is 7.76. The molecule has 0 saturated carbocycles. The van der Waals surface area contributed by atoms with Gasteiger partial charge in [0, 0.05) is 34.3 Å². The highest BCUT2D eigenvalue weighted by Crippen LogP contribution is 2.30. The fraction of sp³-hybridized carbons (Fsp3) is 0.267. The second kappa shape index (κ2) is 8.73. The van der Waals surface area contributed by atoms with Crippen LogP contribution in [0.3, 0.4) is 0 Å². The smallest absolute Gasteiger partial charge is 0.189 e. The summed E-state index contributed by atoms with van der Waals surface area (Å²) >= 11 is 0. The van der Waals surface area contributed by atoms with Crippen LogP contribution in [0.1, 0.15) is 49.3 Å². The van der Waals surface area contributed by atoms with Crippen molar-refractivity contribution in [2.45, 2.75) is 37.8 Å². The number of fused-ring (bicyclic) bond motifs is 2. The summed E-state index contributed by atoms with van der Waals surface area (Å²) in [4.78, 5) is 24.6. The van der Waals surface area contributed by atoms with Gasteiger partial charge in [-0.1, -0.05) is 30.3 Å². The average Bonchev–Trinajstić information content (AvgIpc) is 3.70. The van der Waals surface area contributed by atoms with E-state index < -0.39 is 0 Å². The van der Waals surface area contributed by atoms with Crippen LogP contribution >= 0.6 is 0 Å².